The predicted molar refractivity (Wildman–Crippen MR) is 131 cm³/mol. The van der Waals surface area contributed by atoms with Crippen LogP contribution in [-0.2, 0) is 21.6 Å². The molecule has 0 unspecified atom stereocenters. The SMILES string of the molecule is CC(C)(c1ccc(OCC(N)=O)cc1)c1ccc(OCc2cccc(N3CCOCC3)n2)cc1. The average Bonchev–Trinajstić information content (AvgIpc) is 2.87. The summed E-state index contributed by atoms with van der Waals surface area (Å²) in [5.41, 5.74) is 8.12. The number of primary amides is 1. The Bertz CT molecular complexity index is 1090. The van der Waals surface area contributed by atoms with Crippen molar-refractivity contribution in [1.82, 2.24) is 4.98 Å². The molecule has 0 saturated carbocycles. The molecule has 0 radical (unpaired) electrons. The average molecular weight is 462 g/mol. The van der Waals surface area contributed by atoms with Gasteiger partial charge in [0.1, 0.15) is 23.9 Å². The number of amides is 1. The summed E-state index contributed by atoms with van der Waals surface area (Å²) in [5, 5.41) is 0. The van der Waals surface area contributed by atoms with Crippen LogP contribution in [0.1, 0.15) is 30.7 Å². The Hall–Kier alpha value is -3.58. The highest BCUT2D eigenvalue weighted by Gasteiger charge is 2.23. The molecule has 0 spiro atoms. The molecule has 0 atom stereocenters. The van der Waals surface area contributed by atoms with E-state index in [4.69, 9.17) is 24.9 Å². The highest BCUT2D eigenvalue weighted by atomic mass is 16.5. The topological polar surface area (TPSA) is 86.9 Å². The van der Waals surface area contributed by atoms with Crippen LogP contribution < -0.4 is 20.1 Å². The van der Waals surface area contributed by atoms with Gasteiger partial charge in [-0.15, -0.1) is 0 Å². The summed E-state index contributed by atoms with van der Waals surface area (Å²) in [5.74, 6) is 1.89. The molecule has 2 heterocycles. The quantitative estimate of drug-likeness (QED) is 0.523. The molecule has 1 aliphatic rings. The lowest BCUT2D eigenvalue weighted by Crippen LogP contribution is -2.36. The van der Waals surface area contributed by atoms with Crippen LogP contribution >= 0.6 is 0 Å². The molecule has 1 amide bonds. The molecular formula is C27H31N3O4. The van der Waals surface area contributed by atoms with Gasteiger partial charge >= 0.3 is 0 Å². The molecule has 2 N–H and O–H groups in total. The van der Waals surface area contributed by atoms with Gasteiger partial charge in [-0.05, 0) is 47.5 Å². The zero-order valence-electron chi connectivity index (χ0n) is 19.7. The number of rotatable bonds is 9. The Morgan fingerprint density at radius 2 is 1.53 bits per heavy atom. The minimum Gasteiger partial charge on any atom is -0.487 e. The smallest absolute Gasteiger partial charge is 0.255 e. The first-order valence-corrected chi connectivity index (χ1v) is 11.5. The van der Waals surface area contributed by atoms with E-state index >= 15 is 0 Å². The molecular weight excluding hydrogens is 430 g/mol. The fourth-order valence-electron chi connectivity index (χ4n) is 3.93. The molecule has 2 aromatic carbocycles. The van der Waals surface area contributed by atoms with E-state index in [2.05, 4.69) is 30.9 Å². The molecule has 1 fully saturated rings. The Labute approximate surface area is 200 Å². The lowest BCUT2D eigenvalue weighted by Gasteiger charge is -2.28. The number of morpholine rings is 1. The Balaban J connectivity index is 1.37. The number of hydrogen-bond donors (Lipinski definition) is 1. The first-order chi connectivity index (χ1) is 16.4. The monoisotopic (exact) mass is 461 g/mol. The van der Waals surface area contributed by atoms with Crippen LogP contribution in [0, 0.1) is 0 Å². The van der Waals surface area contributed by atoms with Gasteiger partial charge in [0.05, 0.1) is 18.9 Å². The van der Waals surface area contributed by atoms with Gasteiger partial charge < -0.3 is 24.8 Å². The summed E-state index contributed by atoms with van der Waals surface area (Å²) >= 11 is 0. The zero-order valence-corrected chi connectivity index (χ0v) is 19.7. The van der Waals surface area contributed by atoms with Crippen molar-refractivity contribution in [3.63, 3.8) is 0 Å². The van der Waals surface area contributed by atoms with Crippen molar-refractivity contribution < 1.29 is 19.0 Å². The van der Waals surface area contributed by atoms with Gasteiger partial charge in [0.2, 0.25) is 0 Å². The van der Waals surface area contributed by atoms with Crippen molar-refractivity contribution in [3.05, 3.63) is 83.6 Å². The number of pyridine rings is 1. The van der Waals surface area contributed by atoms with Gasteiger partial charge in [-0.2, -0.15) is 0 Å². The maximum absolute atomic E-state index is 10.9. The van der Waals surface area contributed by atoms with Crippen molar-refractivity contribution in [3.8, 4) is 11.5 Å². The van der Waals surface area contributed by atoms with Gasteiger partial charge in [0, 0.05) is 18.5 Å². The van der Waals surface area contributed by atoms with Gasteiger partial charge in [-0.3, -0.25) is 4.79 Å². The van der Waals surface area contributed by atoms with Crippen LogP contribution in [0.2, 0.25) is 0 Å². The Morgan fingerprint density at radius 3 is 2.12 bits per heavy atom. The molecule has 3 aromatic rings. The van der Waals surface area contributed by atoms with E-state index in [1.165, 1.54) is 0 Å². The van der Waals surface area contributed by atoms with Crippen LogP contribution in [0.4, 0.5) is 5.82 Å². The largest absolute Gasteiger partial charge is 0.487 e. The number of nitrogens with zero attached hydrogens (tertiary/aromatic N) is 2. The lowest BCUT2D eigenvalue weighted by molar-refractivity contribution is -0.119. The molecule has 1 aliphatic heterocycles. The summed E-state index contributed by atoms with van der Waals surface area (Å²) in [6, 6.07) is 21.9. The number of aromatic nitrogens is 1. The third-order valence-electron chi connectivity index (χ3n) is 6.05. The van der Waals surface area contributed by atoms with E-state index in [0.717, 1.165) is 54.7 Å². The maximum atomic E-state index is 10.9. The molecule has 178 valence electrons. The summed E-state index contributed by atoms with van der Waals surface area (Å²) in [6.45, 7) is 7.81. The van der Waals surface area contributed by atoms with Crippen LogP contribution in [0.3, 0.4) is 0 Å². The van der Waals surface area contributed by atoms with Crippen molar-refractivity contribution in [2.24, 2.45) is 5.73 Å². The number of ether oxygens (including phenoxy) is 3. The minimum atomic E-state index is -0.493. The Kier molecular flexibility index (Phi) is 7.33. The van der Waals surface area contributed by atoms with E-state index < -0.39 is 5.91 Å². The van der Waals surface area contributed by atoms with E-state index in [1.54, 1.807) is 0 Å². The van der Waals surface area contributed by atoms with Gasteiger partial charge in [0.15, 0.2) is 6.61 Å². The standard InChI is InChI=1S/C27H31N3O4/c1-27(2,21-8-12-24(13-9-21)34-19-25(28)31)20-6-10-23(11-7-20)33-18-22-4-3-5-26(29-22)30-14-16-32-17-15-30/h3-13H,14-19H2,1-2H3,(H2,28,31). The number of carbonyl (C=O) groups is 1. The van der Waals surface area contributed by atoms with Crippen LogP contribution in [0.5, 0.6) is 11.5 Å². The second kappa shape index (κ2) is 10.6. The summed E-state index contributed by atoms with van der Waals surface area (Å²) in [4.78, 5) is 17.9. The molecule has 4 rings (SSSR count). The first kappa shape index (κ1) is 23.6. The molecule has 1 aromatic heterocycles. The normalized spacial score (nSPS) is 14.0. The van der Waals surface area contributed by atoms with Crippen molar-refractivity contribution in [2.45, 2.75) is 25.9 Å². The highest BCUT2D eigenvalue weighted by Crippen LogP contribution is 2.33. The fraction of sp³-hybridized carbons (Fsp3) is 0.333. The second-order valence-corrected chi connectivity index (χ2v) is 8.80. The molecule has 1 saturated heterocycles. The molecule has 0 aliphatic carbocycles. The van der Waals surface area contributed by atoms with Crippen molar-refractivity contribution in [2.75, 3.05) is 37.8 Å². The van der Waals surface area contributed by atoms with Crippen LogP contribution in [0.25, 0.3) is 0 Å². The summed E-state index contributed by atoms with van der Waals surface area (Å²) < 4.78 is 16.8. The Morgan fingerprint density at radius 1 is 0.941 bits per heavy atom. The summed E-state index contributed by atoms with van der Waals surface area (Å²) in [7, 11) is 0. The van der Waals surface area contributed by atoms with Gasteiger partial charge in [-0.1, -0.05) is 44.2 Å². The second-order valence-electron chi connectivity index (χ2n) is 8.80. The first-order valence-electron chi connectivity index (χ1n) is 11.5. The lowest BCUT2D eigenvalue weighted by atomic mass is 9.78. The van der Waals surface area contributed by atoms with Crippen molar-refractivity contribution in [1.29, 1.82) is 0 Å². The fourth-order valence-corrected chi connectivity index (χ4v) is 3.93. The van der Waals surface area contributed by atoms with E-state index in [1.807, 2.05) is 54.6 Å². The van der Waals surface area contributed by atoms with Crippen LogP contribution in [0.15, 0.2) is 66.7 Å². The molecule has 34 heavy (non-hydrogen) atoms. The summed E-state index contributed by atoms with van der Waals surface area (Å²) in [6.07, 6.45) is 0. The third kappa shape index (κ3) is 5.85. The molecule has 7 heteroatoms. The predicted octanol–water partition coefficient (Wildman–Crippen LogP) is 3.69. The van der Waals surface area contributed by atoms with E-state index in [9.17, 15) is 4.79 Å². The van der Waals surface area contributed by atoms with E-state index in [-0.39, 0.29) is 12.0 Å². The zero-order chi connectivity index (χ0) is 24.0. The molecule has 7 nitrogen and oxygen atoms in total. The highest BCUT2D eigenvalue weighted by molar-refractivity contribution is 5.75. The number of hydrogen-bond acceptors (Lipinski definition) is 6. The maximum Gasteiger partial charge on any atom is 0.255 e. The third-order valence-corrected chi connectivity index (χ3v) is 6.05. The number of anilines is 1. The van der Waals surface area contributed by atoms with Crippen molar-refractivity contribution >= 4 is 11.7 Å². The number of nitrogens with two attached hydrogens (primary N) is 1. The number of benzene rings is 2. The molecule has 0 bridgehead atoms. The van der Waals surface area contributed by atoms with Crippen LogP contribution in [-0.4, -0.2) is 43.8 Å². The van der Waals surface area contributed by atoms with E-state index in [0.29, 0.717) is 12.4 Å². The van der Waals surface area contributed by atoms with Gasteiger partial charge in [-0.25, -0.2) is 4.98 Å². The van der Waals surface area contributed by atoms with Gasteiger partial charge in [0.25, 0.3) is 5.91 Å². The minimum absolute atomic E-state index is 0.128. The number of carbonyl (C=O) groups excluding carboxylic acids is 1.